The molecule has 0 bridgehead atoms. The van der Waals surface area contributed by atoms with Gasteiger partial charge in [0.1, 0.15) is 0 Å². The van der Waals surface area contributed by atoms with E-state index in [1.54, 1.807) is 0 Å². The fourth-order valence-corrected chi connectivity index (χ4v) is 2.11. The van der Waals surface area contributed by atoms with Gasteiger partial charge in [0.25, 0.3) is 0 Å². The smallest absolute Gasteiger partial charge is 0.220 e. The molecule has 0 fully saturated rings. The predicted octanol–water partition coefficient (Wildman–Crippen LogP) is 3.74. The van der Waals surface area contributed by atoms with Crippen molar-refractivity contribution in [1.82, 2.24) is 5.32 Å². The van der Waals surface area contributed by atoms with Crippen LogP contribution in [-0.2, 0) is 4.79 Å². The number of halogens is 1. The maximum absolute atomic E-state index is 11.7. The SMILES string of the molecule is Cc1cccc([C@H](C)NC(=O)CCCCBr)c1. The van der Waals surface area contributed by atoms with Crippen LogP contribution in [0.1, 0.15) is 43.4 Å². The molecule has 0 saturated carbocycles. The van der Waals surface area contributed by atoms with Crippen molar-refractivity contribution in [3.05, 3.63) is 35.4 Å². The Hall–Kier alpha value is -0.830. The van der Waals surface area contributed by atoms with Gasteiger partial charge in [-0.3, -0.25) is 4.79 Å². The molecular formula is C14H20BrNO. The summed E-state index contributed by atoms with van der Waals surface area (Å²) in [4.78, 5) is 11.7. The Morgan fingerprint density at radius 3 is 2.82 bits per heavy atom. The molecule has 0 aliphatic carbocycles. The Balaban J connectivity index is 2.43. The van der Waals surface area contributed by atoms with Crippen LogP contribution in [0.5, 0.6) is 0 Å². The first kappa shape index (κ1) is 14.2. The molecule has 17 heavy (non-hydrogen) atoms. The summed E-state index contributed by atoms with van der Waals surface area (Å²) in [5.41, 5.74) is 2.39. The summed E-state index contributed by atoms with van der Waals surface area (Å²) < 4.78 is 0. The molecule has 0 spiro atoms. The number of hydrogen-bond donors (Lipinski definition) is 1. The summed E-state index contributed by atoms with van der Waals surface area (Å²) in [7, 11) is 0. The minimum atomic E-state index is 0.0892. The normalized spacial score (nSPS) is 12.2. The van der Waals surface area contributed by atoms with E-state index in [2.05, 4.69) is 46.4 Å². The average molecular weight is 298 g/mol. The highest BCUT2D eigenvalue weighted by atomic mass is 79.9. The van der Waals surface area contributed by atoms with Gasteiger partial charge in [-0.05, 0) is 32.3 Å². The summed E-state index contributed by atoms with van der Waals surface area (Å²) >= 11 is 3.36. The van der Waals surface area contributed by atoms with Crippen LogP contribution in [0.15, 0.2) is 24.3 Å². The highest BCUT2D eigenvalue weighted by molar-refractivity contribution is 9.09. The monoisotopic (exact) mass is 297 g/mol. The molecule has 0 saturated heterocycles. The molecule has 3 heteroatoms. The fraction of sp³-hybridized carbons (Fsp3) is 0.500. The van der Waals surface area contributed by atoms with Crippen molar-refractivity contribution < 1.29 is 4.79 Å². The molecule has 2 nitrogen and oxygen atoms in total. The highest BCUT2D eigenvalue weighted by Gasteiger charge is 2.08. The quantitative estimate of drug-likeness (QED) is 0.629. The second-order valence-electron chi connectivity index (χ2n) is 4.35. The molecule has 1 amide bonds. The molecule has 0 aromatic heterocycles. The van der Waals surface area contributed by atoms with Crippen LogP contribution in [0, 0.1) is 6.92 Å². The molecular weight excluding hydrogens is 278 g/mol. The first-order valence-electron chi connectivity index (χ1n) is 6.05. The third-order valence-electron chi connectivity index (χ3n) is 2.71. The maximum atomic E-state index is 11.7. The lowest BCUT2D eigenvalue weighted by molar-refractivity contribution is -0.121. The van der Waals surface area contributed by atoms with Crippen LogP contribution in [-0.4, -0.2) is 11.2 Å². The fourth-order valence-electron chi connectivity index (χ4n) is 1.72. The first-order valence-corrected chi connectivity index (χ1v) is 7.17. The van der Waals surface area contributed by atoms with Crippen molar-refractivity contribution in [3.8, 4) is 0 Å². The molecule has 0 heterocycles. The Labute approximate surface area is 112 Å². The van der Waals surface area contributed by atoms with Gasteiger partial charge >= 0.3 is 0 Å². The minimum absolute atomic E-state index is 0.0892. The highest BCUT2D eigenvalue weighted by Crippen LogP contribution is 2.14. The van der Waals surface area contributed by atoms with Gasteiger partial charge in [-0.25, -0.2) is 0 Å². The molecule has 0 aliphatic heterocycles. The van der Waals surface area contributed by atoms with Gasteiger partial charge < -0.3 is 5.32 Å². The Morgan fingerprint density at radius 2 is 2.18 bits per heavy atom. The van der Waals surface area contributed by atoms with Gasteiger partial charge in [0.15, 0.2) is 0 Å². The number of unbranched alkanes of at least 4 members (excludes halogenated alkanes) is 1. The van der Waals surface area contributed by atoms with Crippen molar-refractivity contribution >= 4 is 21.8 Å². The summed E-state index contributed by atoms with van der Waals surface area (Å²) in [6.07, 6.45) is 2.60. The van der Waals surface area contributed by atoms with Crippen LogP contribution < -0.4 is 5.32 Å². The zero-order valence-corrected chi connectivity index (χ0v) is 12.1. The number of carbonyl (C=O) groups is 1. The van der Waals surface area contributed by atoms with E-state index in [0.29, 0.717) is 6.42 Å². The van der Waals surface area contributed by atoms with E-state index in [1.165, 1.54) is 11.1 Å². The molecule has 1 rings (SSSR count). The Morgan fingerprint density at radius 1 is 1.41 bits per heavy atom. The second-order valence-corrected chi connectivity index (χ2v) is 5.14. The van der Waals surface area contributed by atoms with Crippen LogP contribution in [0.4, 0.5) is 0 Å². The lowest BCUT2D eigenvalue weighted by Gasteiger charge is -2.14. The summed E-state index contributed by atoms with van der Waals surface area (Å²) in [5, 5.41) is 3.99. The molecule has 0 radical (unpaired) electrons. The van der Waals surface area contributed by atoms with Gasteiger partial charge in [-0.15, -0.1) is 0 Å². The van der Waals surface area contributed by atoms with E-state index in [0.717, 1.165) is 18.2 Å². The van der Waals surface area contributed by atoms with E-state index in [1.807, 2.05) is 13.0 Å². The van der Waals surface area contributed by atoms with Crippen molar-refractivity contribution in [1.29, 1.82) is 0 Å². The number of nitrogens with one attached hydrogen (secondary N) is 1. The van der Waals surface area contributed by atoms with Gasteiger partial charge in [0, 0.05) is 11.8 Å². The predicted molar refractivity (Wildman–Crippen MR) is 75.4 cm³/mol. The molecule has 0 aliphatic rings. The number of amides is 1. The lowest BCUT2D eigenvalue weighted by Crippen LogP contribution is -2.26. The average Bonchev–Trinajstić information content (AvgIpc) is 2.29. The van der Waals surface area contributed by atoms with Crippen LogP contribution in [0.3, 0.4) is 0 Å². The third-order valence-corrected chi connectivity index (χ3v) is 3.27. The molecule has 1 aromatic carbocycles. The molecule has 0 unspecified atom stereocenters. The Kier molecular flexibility index (Phi) is 6.27. The van der Waals surface area contributed by atoms with E-state index < -0.39 is 0 Å². The zero-order chi connectivity index (χ0) is 12.7. The molecule has 94 valence electrons. The van der Waals surface area contributed by atoms with Crippen LogP contribution >= 0.6 is 15.9 Å². The summed E-state index contributed by atoms with van der Waals surface area (Å²) in [6.45, 7) is 4.09. The minimum Gasteiger partial charge on any atom is -0.350 e. The van der Waals surface area contributed by atoms with E-state index >= 15 is 0 Å². The van der Waals surface area contributed by atoms with Crippen molar-refractivity contribution in [2.75, 3.05) is 5.33 Å². The van der Waals surface area contributed by atoms with E-state index in [9.17, 15) is 4.79 Å². The number of alkyl halides is 1. The number of rotatable bonds is 6. The molecule has 1 atom stereocenters. The van der Waals surface area contributed by atoms with Crippen molar-refractivity contribution in [2.45, 2.75) is 39.2 Å². The summed E-state index contributed by atoms with van der Waals surface area (Å²) in [6, 6.07) is 8.35. The summed E-state index contributed by atoms with van der Waals surface area (Å²) in [5.74, 6) is 0.139. The van der Waals surface area contributed by atoms with Gasteiger partial charge in [0.05, 0.1) is 6.04 Å². The van der Waals surface area contributed by atoms with E-state index in [4.69, 9.17) is 0 Å². The standard InChI is InChI=1S/C14H20BrNO/c1-11-6-5-7-13(10-11)12(2)16-14(17)8-3-4-9-15/h5-7,10,12H,3-4,8-9H2,1-2H3,(H,16,17)/t12-/m0/s1. The van der Waals surface area contributed by atoms with Crippen molar-refractivity contribution in [2.24, 2.45) is 0 Å². The largest absolute Gasteiger partial charge is 0.350 e. The first-order chi connectivity index (χ1) is 8.13. The Bertz CT molecular complexity index is 365. The maximum Gasteiger partial charge on any atom is 0.220 e. The number of aryl methyl sites for hydroxylation is 1. The number of benzene rings is 1. The zero-order valence-electron chi connectivity index (χ0n) is 10.5. The van der Waals surface area contributed by atoms with Crippen LogP contribution in [0.2, 0.25) is 0 Å². The second kappa shape index (κ2) is 7.49. The third kappa shape index (κ3) is 5.35. The number of hydrogen-bond acceptors (Lipinski definition) is 1. The van der Waals surface area contributed by atoms with Gasteiger partial charge in [-0.1, -0.05) is 45.8 Å². The number of carbonyl (C=O) groups excluding carboxylic acids is 1. The van der Waals surface area contributed by atoms with E-state index in [-0.39, 0.29) is 11.9 Å². The topological polar surface area (TPSA) is 29.1 Å². The lowest BCUT2D eigenvalue weighted by atomic mass is 10.1. The van der Waals surface area contributed by atoms with Gasteiger partial charge in [0.2, 0.25) is 5.91 Å². The molecule has 1 aromatic rings. The van der Waals surface area contributed by atoms with Crippen molar-refractivity contribution in [3.63, 3.8) is 0 Å². The molecule has 1 N–H and O–H groups in total. The van der Waals surface area contributed by atoms with Gasteiger partial charge in [-0.2, -0.15) is 0 Å². The van der Waals surface area contributed by atoms with Crippen LogP contribution in [0.25, 0.3) is 0 Å².